The highest BCUT2D eigenvalue weighted by atomic mass is 16.3. The Labute approximate surface area is 98.5 Å². The molecule has 1 heteroatoms. The van der Waals surface area contributed by atoms with Crippen LogP contribution in [0.15, 0.2) is 24.3 Å². The fourth-order valence-corrected chi connectivity index (χ4v) is 2.81. The third-order valence-corrected chi connectivity index (χ3v) is 4.22. The number of hydrogen-bond donors (Lipinski definition) is 1. The van der Waals surface area contributed by atoms with Gasteiger partial charge in [-0.1, -0.05) is 44.0 Å². The molecule has 1 aliphatic carbocycles. The van der Waals surface area contributed by atoms with Crippen molar-refractivity contribution in [3.63, 3.8) is 0 Å². The highest BCUT2D eigenvalue weighted by Crippen LogP contribution is 2.41. The lowest BCUT2D eigenvalue weighted by Gasteiger charge is -2.30. The molecule has 1 aromatic carbocycles. The van der Waals surface area contributed by atoms with E-state index in [-0.39, 0.29) is 11.5 Å². The molecule has 0 spiro atoms. The molecule has 16 heavy (non-hydrogen) atoms. The summed E-state index contributed by atoms with van der Waals surface area (Å²) >= 11 is 0. The Morgan fingerprint density at radius 2 is 1.88 bits per heavy atom. The summed E-state index contributed by atoms with van der Waals surface area (Å²) < 4.78 is 0. The van der Waals surface area contributed by atoms with E-state index in [1.165, 1.54) is 36.8 Å². The van der Waals surface area contributed by atoms with Gasteiger partial charge in [-0.25, -0.2) is 0 Å². The Morgan fingerprint density at radius 1 is 1.25 bits per heavy atom. The molecule has 2 rings (SSSR count). The largest absolute Gasteiger partial charge is 0.392 e. The molecular weight excluding hydrogens is 196 g/mol. The second kappa shape index (κ2) is 4.58. The van der Waals surface area contributed by atoms with Gasteiger partial charge in [0.1, 0.15) is 0 Å². The van der Waals surface area contributed by atoms with Crippen LogP contribution in [-0.4, -0.2) is 11.2 Å². The first kappa shape index (κ1) is 11.7. The minimum atomic E-state index is -0.184. The van der Waals surface area contributed by atoms with Gasteiger partial charge in [0.05, 0.1) is 6.10 Å². The molecule has 0 radical (unpaired) electrons. The van der Waals surface area contributed by atoms with Crippen molar-refractivity contribution in [2.75, 3.05) is 0 Å². The van der Waals surface area contributed by atoms with Gasteiger partial charge in [-0.3, -0.25) is 0 Å². The van der Waals surface area contributed by atoms with Crippen LogP contribution >= 0.6 is 0 Å². The van der Waals surface area contributed by atoms with Crippen LogP contribution in [0, 0.1) is 12.3 Å². The first-order valence-corrected chi connectivity index (χ1v) is 6.34. The first-order valence-electron chi connectivity index (χ1n) is 6.34. The average molecular weight is 218 g/mol. The molecule has 0 saturated heterocycles. The highest BCUT2D eigenvalue weighted by molar-refractivity contribution is 5.26. The van der Waals surface area contributed by atoms with Gasteiger partial charge in [0.15, 0.2) is 0 Å². The minimum Gasteiger partial charge on any atom is -0.392 e. The molecule has 1 unspecified atom stereocenters. The monoisotopic (exact) mass is 218 g/mol. The van der Waals surface area contributed by atoms with Gasteiger partial charge in [0.25, 0.3) is 0 Å². The lowest BCUT2D eigenvalue weighted by atomic mass is 9.79. The Morgan fingerprint density at radius 3 is 2.50 bits per heavy atom. The van der Waals surface area contributed by atoms with E-state index in [0.29, 0.717) is 0 Å². The summed E-state index contributed by atoms with van der Waals surface area (Å²) in [7, 11) is 0. The number of rotatable bonds is 3. The molecule has 0 aliphatic heterocycles. The molecule has 0 bridgehead atoms. The van der Waals surface area contributed by atoms with Crippen LogP contribution in [0.4, 0.5) is 0 Å². The molecule has 0 amide bonds. The summed E-state index contributed by atoms with van der Waals surface area (Å²) in [5.41, 5.74) is 2.74. The number of benzene rings is 1. The van der Waals surface area contributed by atoms with Crippen LogP contribution in [0.3, 0.4) is 0 Å². The van der Waals surface area contributed by atoms with E-state index >= 15 is 0 Å². The van der Waals surface area contributed by atoms with E-state index in [1.54, 1.807) is 0 Å². The van der Waals surface area contributed by atoms with Gasteiger partial charge in [-0.15, -0.1) is 0 Å². The fourth-order valence-electron chi connectivity index (χ4n) is 2.81. The summed E-state index contributed by atoms with van der Waals surface area (Å²) in [5, 5.41) is 10.4. The molecule has 1 saturated carbocycles. The van der Waals surface area contributed by atoms with Gasteiger partial charge < -0.3 is 5.11 Å². The van der Waals surface area contributed by atoms with Crippen LogP contribution in [0.2, 0.25) is 0 Å². The molecule has 1 aromatic rings. The SMILES string of the molecule is Cc1ccccc1CC(O)C1(C)CCCC1. The van der Waals surface area contributed by atoms with Gasteiger partial charge in [0.2, 0.25) is 0 Å². The van der Waals surface area contributed by atoms with Crippen LogP contribution in [0.25, 0.3) is 0 Å². The van der Waals surface area contributed by atoms with Crippen molar-refractivity contribution in [2.45, 2.75) is 52.1 Å². The maximum absolute atomic E-state index is 10.4. The summed E-state index contributed by atoms with van der Waals surface area (Å²) in [5.74, 6) is 0. The number of aliphatic hydroxyl groups excluding tert-OH is 1. The smallest absolute Gasteiger partial charge is 0.0634 e. The zero-order valence-corrected chi connectivity index (χ0v) is 10.4. The summed E-state index contributed by atoms with van der Waals surface area (Å²) in [6, 6.07) is 8.38. The zero-order chi connectivity index (χ0) is 11.6. The average Bonchev–Trinajstić information content (AvgIpc) is 2.70. The van der Waals surface area contributed by atoms with E-state index in [9.17, 15) is 5.11 Å². The van der Waals surface area contributed by atoms with Crippen molar-refractivity contribution in [1.29, 1.82) is 0 Å². The van der Waals surface area contributed by atoms with Crippen LogP contribution in [0.1, 0.15) is 43.7 Å². The third-order valence-electron chi connectivity index (χ3n) is 4.22. The molecule has 0 heterocycles. The molecule has 1 N–H and O–H groups in total. The van der Waals surface area contributed by atoms with Crippen LogP contribution in [-0.2, 0) is 6.42 Å². The maximum Gasteiger partial charge on any atom is 0.0634 e. The topological polar surface area (TPSA) is 20.2 Å². The molecule has 88 valence electrons. The summed E-state index contributed by atoms with van der Waals surface area (Å²) in [6.45, 7) is 4.36. The molecule has 0 aromatic heterocycles. The Kier molecular flexibility index (Phi) is 3.34. The van der Waals surface area contributed by atoms with E-state index in [1.807, 2.05) is 0 Å². The summed E-state index contributed by atoms with van der Waals surface area (Å²) in [4.78, 5) is 0. The quantitative estimate of drug-likeness (QED) is 0.823. The Bertz CT molecular complexity index is 350. The second-order valence-corrected chi connectivity index (χ2v) is 5.51. The zero-order valence-electron chi connectivity index (χ0n) is 10.4. The van der Waals surface area contributed by atoms with E-state index in [4.69, 9.17) is 0 Å². The predicted molar refractivity (Wildman–Crippen MR) is 67.5 cm³/mol. The third kappa shape index (κ3) is 2.30. The number of aliphatic hydroxyl groups is 1. The maximum atomic E-state index is 10.4. The number of aryl methyl sites for hydroxylation is 1. The molecule has 1 fully saturated rings. The first-order chi connectivity index (χ1) is 7.62. The van der Waals surface area contributed by atoms with Crippen molar-refractivity contribution in [2.24, 2.45) is 5.41 Å². The lowest BCUT2D eigenvalue weighted by Crippen LogP contribution is -2.31. The van der Waals surface area contributed by atoms with Gasteiger partial charge in [-0.05, 0) is 42.7 Å². The minimum absolute atomic E-state index is 0.155. The fraction of sp³-hybridized carbons (Fsp3) is 0.600. The van der Waals surface area contributed by atoms with Gasteiger partial charge in [-0.2, -0.15) is 0 Å². The highest BCUT2D eigenvalue weighted by Gasteiger charge is 2.35. The Balaban J connectivity index is 2.07. The molecule has 1 nitrogen and oxygen atoms in total. The number of hydrogen-bond acceptors (Lipinski definition) is 1. The molecular formula is C15H22O. The van der Waals surface area contributed by atoms with Gasteiger partial charge in [0, 0.05) is 0 Å². The van der Waals surface area contributed by atoms with Gasteiger partial charge >= 0.3 is 0 Å². The molecule has 1 aliphatic rings. The summed E-state index contributed by atoms with van der Waals surface area (Å²) in [6.07, 6.45) is 5.54. The van der Waals surface area contributed by atoms with E-state index < -0.39 is 0 Å². The van der Waals surface area contributed by atoms with Crippen molar-refractivity contribution in [3.05, 3.63) is 35.4 Å². The van der Waals surface area contributed by atoms with E-state index in [0.717, 1.165) is 6.42 Å². The lowest BCUT2D eigenvalue weighted by molar-refractivity contribution is 0.0422. The van der Waals surface area contributed by atoms with E-state index in [2.05, 4.69) is 38.1 Å². The van der Waals surface area contributed by atoms with Crippen LogP contribution < -0.4 is 0 Å². The van der Waals surface area contributed by atoms with Crippen molar-refractivity contribution in [1.82, 2.24) is 0 Å². The molecule has 1 atom stereocenters. The Hall–Kier alpha value is -0.820. The van der Waals surface area contributed by atoms with Crippen molar-refractivity contribution in [3.8, 4) is 0 Å². The standard InChI is InChI=1S/C15H22O/c1-12-7-3-4-8-13(12)11-14(16)15(2)9-5-6-10-15/h3-4,7-8,14,16H,5-6,9-11H2,1-2H3. The van der Waals surface area contributed by atoms with Crippen molar-refractivity contribution >= 4 is 0 Å². The van der Waals surface area contributed by atoms with Crippen LogP contribution in [0.5, 0.6) is 0 Å². The second-order valence-electron chi connectivity index (χ2n) is 5.51. The normalized spacial score (nSPS) is 20.9. The van der Waals surface area contributed by atoms with Crippen molar-refractivity contribution < 1.29 is 5.11 Å². The predicted octanol–water partition coefficient (Wildman–Crippen LogP) is 3.48.